The highest BCUT2D eigenvalue weighted by Gasteiger charge is 2.00. The number of fused-ring (bicyclic) bond motifs is 1. The highest BCUT2D eigenvalue weighted by atomic mass is 14.7. The maximum atomic E-state index is 4.35. The van der Waals surface area contributed by atoms with Crippen molar-refractivity contribution in [3.05, 3.63) is 66.9 Å². The molecule has 16 heavy (non-hydrogen) atoms. The monoisotopic (exact) mass is 205 g/mol. The fourth-order valence-electron chi connectivity index (χ4n) is 1.87. The molecule has 1 nitrogen and oxygen atoms in total. The molecule has 0 spiro atoms. The second-order valence-corrected chi connectivity index (χ2v) is 3.77. The van der Waals surface area contributed by atoms with Gasteiger partial charge in [0.1, 0.15) is 0 Å². The number of nitrogens with zero attached hydrogens (tertiary/aromatic N) is 1. The van der Waals surface area contributed by atoms with Gasteiger partial charge in [-0.05, 0) is 23.3 Å². The van der Waals surface area contributed by atoms with Crippen molar-refractivity contribution in [2.24, 2.45) is 0 Å². The van der Waals surface area contributed by atoms with E-state index in [0.29, 0.717) is 0 Å². The maximum Gasteiger partial charge on any atom is 0.0701 e. The molecule has 0 unspecified atom stereocenters. The Morgan fingerprint density at radius 1 is 0.562 bits per heavy atom. The molecule has 2 aliphatic carbocycles. The molecule has 1 aromatic heterocycles. The Balaban J connectivity index is 2.16. The predicted octanol–water partition coefficient (Wildman–Crippen LogP) is 3.85. The Kier molecular flexibility index (Phi) is 2.15. The summed E-state index contributed by atoms with van der Waals surface area (Å²) in [6.07, 6.45) is 1.82. The number of hydrogen-bond acceptors (Lipinski definition) is 1. The highest BCUT2D eigenvalue weighted by Crippen LogP contribution is 2.24. The third-order valence-corrected chi connectivity index (χ3v) is 2.73. The van der Waals surface area contributed by atoms with E-state index >= 15 is 0 Å². The lowest BCUT2D eigenvalue weighted by molar-refractivity contribution is 1.33. The lowest BCUT2D eigenvalue weighted by Gasteiger charge is -1.95. The van der Waals surface area contributed by atoms with Gasteiger partial charge in [-0.3, -0.25) is 4.98 Å². The topological polar surface area (TPSA) is 12.9 Å². The van der Waals surface area contributed by atoms with Crippen molar-refractivity contribution in [3.63, 3.8) is 0 Å². The van der Waals surface area contributed by atoms with Crippen molar-refractivity contribution in [3.8, 4) is 22.4 Å². The minimum absolute atomic E-state index is 1.01. The van der Waals surface area contributed by atoms with E-state index in [1.165, 1.54) is 11.1 Å². The molecule has 1 heterocycles. The summed E-state index contributed by atoms with van der Waals surface area (Å²) in [5, 5.41) is 0. The first-order valence-electron chi connectivity index (χ1n) is 5.34. The normalized spacial score (nSPS) is 10.5. The zero-order valence-electron chi connectivity index (χ0n) is 8.80. The van der Waals surface area contributed by atoms with Gasteiger partial charge in [-0.15, -0.1) is 0 Å². The highest BCUT2D eigenvalue weighted by molar-refractivity contribution is 5.70. The van der Waals surface area contributed by atoms with Crippen LogP contribution >= 0.6 is 0 Å². The van der Waals surface area contributed by atoms with Crippen LogP contribution < -0.4 is 0 Å². The predicted molar refractivity (Wildman–Crippen MR) is 66.3 cm³/mol. The quantitative estimate of drug-likeness (QED) is 0.588. The van der Waals surface area contributed by atoms with Crippen molar-refractivity contribution >= 4 is 0 Å². The van der Waals surface area contributed by atoms with Gasteiger partial charge in [-0.1, -0.05) is 48.5 Å². The molecule has 0 N–H and O–H groups in total. The molecule has 0 amide bonds. The van der Waals surface area contributed by atoms with E-state index < -0.39 is 0 Å². The van der Waals surface area contributed by atoms with Gasteiger partial charge in [0.15, 0.2) is 0 Å². The summed E-state index contributed by atoms with van der Waals surface area (Å²) in [5.41, 5.74) is 4.70. The van der Waals surface area contributed by atoms with Crippen LogP contribution in [0.3, 0.4) is 0 Å². The Labute approximate surface area is 94.7 Å². The first-order valence-corrected chi connectivity index (χ1v) is 5.34. The summed E-state index contributed by atoms with van der Waals surface area (Å²) in [4.78, 5) is 4.35. The average molecular weight is 205 g/mol. The molecule has 2 aliphatic rings. The van der Waals surface area contributed by atoms with Gasteiger partial charge >= 0.3 is 0 Å². The van der Waals surface area contributed by atoms with Crippen molar-refractivity contribution in [2.45, 2.75) is 0 Å². The molecule has 0 fully saturated rings. The van der Waals surface area contributed by atoms with Crippen molar-refractivity contribution in [1.29, 1.82) is 0 Å². The largest absolute Gasteiger partial charge is 0.256 e. The standard InChI is InChI=1S/C15H11N/c1-2-11-16-15(6-1)14-9-7-12-4-3-5-13(12)8-10-14/h1-11H. The van der Waals surface area contributed by atoms with E-state index in [1.807, 2.05) is 24.4 Å². The van der Waals surface area contributed by atoms with Crippen molar-refractivity contribution in [2.75, 3.05) is 0 Å². The minimum Gasteiger partial charge on any atom is -0.256 e. The summed E-state index contributed by atoms with van der Waals surface area (Å²) < 4.78 is 0. The van der Waals surface area contributed by atoms with E-state index in [9.17, 15) is 0 Å². The Morgan fingerprint density at radius 2 is 1.25 bits per heavy atom. The van der Waals surface area contributed by atoms with Gasteiger partial charge in [0, 0.05) is 11.8 Å². The molecule has 1 aromatic rings. The Bertz CT molecular complexity index is 541. The van der Waals surface area contributed by atoms with Crippen LogP contribution in [-0.4, -0.2) is 4.98 Å². The third kappa shape index (κ3) is 1.57. The molecule has 3 rings (SSSR count). The first kappa shape index (κ1) is 9.10. The molecule has 76 valence electrons. The van der Waals surface area contributed by atoms with Crippen LogP contribution in [0.1, 0.15) is 0 Å². The summed E-state index contributed by atoms with van der Waals surface area (Å²) in [7, 11) is 0. The Hall–Kier alpha value is -2.15. The molecule has 0 atom stereocenters. The first-order chi connectivity index (χ1) is 7.93. The van der Waals surface area contributed by atoms with Crippen LogP contribution in [0.4, 0.5) is 0 Å². The maximum absolute atomic E-state index is 4.35. The number of hydrogen-bond donors (Lipinski definition) is 0. The van der Waals surface area contributed by atoms with E-state index in [0.717, 1.165) is 11.3 Å². The number of pyridine rings is 1. The van der Waals surface area contributed by atoms with Crippen molar-refractivity contribution in [1.82, 2.24) is 4.98 Å². The van der Waals surface area contributed by atoms with Gasteiger partial charge in [0.25, 0.3) is 0 Å². The second kappa shape index (κ2) is 3.78. The minimum atomic E-state index is 1.01. The second-order valence-electron chi connectivity index (χ2n) is 3.77. The summed E-state index contributed by atoms with van der Waals surface area (Å²) >= 11 is 0. The molecule has 1 heteroatoms. The van der Waals surface area contributed by atoms with Gasteiger partial charge in [0.05, 0.1) is 5.69 Å². The summed E-state index contributed by atoms with van der Waals surface area (Å²) in [6.45, 7) is 0. The van der Waals surface area contributed by atoms with Crippen LogP contribution in [0.2, 0.25) is 0 Å². The zero-order valence-corrected chi connectivity index (χ0v) is 8.80. The van der Waals surface area contributed by atoms with Crippen LogP contribution in [0.15, 0.2) is 66.9 Å². The average Bonchev–Trinajstić information content (AvgIpc) is 2.70. The van der Waals surface area contributed by atoms with Crippen LogP contribution in [0, 0.1) is 0 Å². The number of rotatable bonds is 1. The molecule has 0 bridgehead atoms. The molecule has 0 radical (unpaired) electrons. The lowest BCUT2D eigenvalue weighted by Crippen LogP contribution is -1.77. The van der Waals surface area contributed by atoms with E-state index in [2.05, 4.69) is 47.4 Å². The molecule has 0 saturated carbocycles. The SMILES string of the molecule is c1ccc(-c2ccc3cccc-3cc2)nc1. The van der Waals surface area contributed by atoms with Crippen LogP contribution in [0.5, 0.6) is 0 Å². The fraction of sp³-hybridized carbons (Fsp3) is 0. The van der Waals surface area contributed by atoms with Gasteiger partial charge in [0.2, 0.25) is 0 Å². The van der Waals surface area contributed by atoms with E-state index in [-0.39, 0.29) is 0 Å². The summed E-state index contributed by atoms with van der Waals surface area (Å²) in [6, 6.07) is 20.8. The molecular weight excluding hydrogens is 194 g/mol. The molecule has 0 aliphatic heterocycles. The summed E-state index contributed by atoms with van der Waals surface area (Å²) in [5.74, 6) is 0. The zero-order chi connectivity index (χ0) is 10.8. The molecule has 0 aromatic carbocycles. The van der Waals surface area contributed by atoms with E-state index in [1.54, 1.807) is 0 Å². The fourth-order valence-corrected chi connectivity index (χ4v) is 1.87. The van der Waals surface area contributed by atoms with Gasteiger partial charge in [-0.25, -0.2) is 0 Å². The smallest absolute Gasteiger partial charge is 0.0701 e. The molecule has 0 saturated heterocycles. The van der Waals surface area contributed by atoms with Crippen LogP contribution in [-0.2, 0) is 0 Å². The van der Waals surface area contributed by atoms with Crippen molar-refractivity contribution < 1.29 is 0 Å². The van der Waals surface area contributed by atoms with Gasteiger partial charge in [-0.2, -0.15) is 0 Å². The molecular formula is C15H11N. The van der Waals surface area contributed by atoms with Gasteiger partial charge < -0.3 is 0 Å². The lowest BCUT2D eigenvalue weighted by atomic mass is 10.2. The third-order valence-electron chi connectivity index (χ3n) is 2.73. The number of aromatic nitrogens is 1. The van der Waals surface area contributed by atoms with Crippen LogP contribution in [0.25, 0.3) is 22.4 Å². The Morgan fingerprint density at radius 3 is 1.88 bits per heavy atom. The van der Waals surface area contributed by atoms with E-state index in [4.69, 9.17) is 0 Å².